The number of carbonyl (C=O) groups excluding carboxylic acids is 4. The molecule has 0 saturated carbocycles. The van der Waals surface area contributed by atoms with Crippen LogP contribution in [-0.4, -0.2) is 40.2 Å². The maximum atomic E-state index is 11.9. The topological polar surface area (TPSA) is 95.6 Å². The van der Waals surface area contributed by atoms with Crippen molar-refractivity contribution in [3.8, 4) is 0 Å². The SMILES string of the molecule is CC(C)(C)C(=O)NCCC(=O)Nc1ccc(CN2C(=O)CSC2=O)cc1. The Bertz CT molecular complexity index is 694. The zero-order chi connectivity index (χ0) is 19.3. The summed E-state index contributed by atoms with van der Waals surface area (Å²) in [6.45, 7) is 5.94. The van der Waals surface area contributed by atoms with E-state index in [1.165, 1.54) is 4.90 Å². The lowest BCUT2D eigenvalue weighted by molar-refractivity contribution is -0.128. The molecule has 1 aliphatic rings. The first-order valence-electron chi connectivity index (χ1n) is 8.31. The predicted molar refractivity (Wildman–Crippen MR) is 101 cm³/mol. The number of hydrogen-bond acceptors (Lipinski definition) is 5. The predicted octanol–water partition coefficient (Wildman–Crippen LogP) is 2.37. The van der Waals surface area contributed by atoms with Crippen molar-refractivity contribution in [1.29, 1.82) is 0 Å². The van der Waals surface area contributed by atoms with E-state index < -0.39 is 5.41 Å². The Kier molecular flexibility index (Phi) is 6.42. The minimum Gasteiger partial charge on any atom is -0.355 e. The summed E-state index contributed by atoms with van der Waals surface area (Å²) in [5.74, 6) is -0.291. The fourth-order valence-electron chi connectivity index (χ4n) is 2.19. The van der Waals surface area contributed by atoms with Gasteiger partial charge in [0.05, 0.1) is 12.3 Å². The summed E-state index contributed by atoms with van der Waals surface area (Å²) in [4.78, 5) is 48.1. The average Bonchev–Trinajstić information content (AvgIpc) is 2.87. The smallest absolute Gasteiger partial charge is 0.289 e. The Morgan fingerprint density at radius 2 is 1.81 bits per heavy atom. The van der Waals surface area contributed by atoms with E-state index in [2.05, 4.69) is 10.6 Å². The van der Waals surface area contributed by atoms with Crippen LogP contribution < -0.4 is 10.6 Å². The third-order valence-corrected chi connectivity index (χ3v) is 4.60. The van der Waals surface area contributed by atoms with Gasteiger partial charge in [-0.1, -0.05) is 44.7 Å². The second-order valence-corrected chi connectivity index (χ2v) is 7.96. The molecule has 1 heterocycles. The van der Waals surface area contributed by atoms with Crippen molar-refractivity contribution < 1.29 is 19.2 Å². The van der Waals surface area contributed by atoms with Gasteiger partial charge in [-0.3, -0.25) is 24.1 Å². The molecule has 0 spiro atoms. The molecule has 26 heavy (non-hydrogen) atoms. The lowest BCUT2D eigenvalue weighted by Crippen LogP contribution is -2.36. The molecule has 1 aromatic carbocycles. The monoisotopic (exact) mass is 377 g/mol. The van der Waals surface area contributed by atoms with Crippen LogP contribution >= 0.6 is 11.8 Å². The number of nitrogens with zero attached hydrogens (tertiary/aromatic N) is 1. The van der Waals surface area contributed by atoms with Crippen molar-refractivity contribution in [3.05, 3.63) is 29.8 Å². The maximum Gasteiger partial charge on any atom is 0.289 e. The van der Waals surface area contributed by atoms with E-state index in [1.54, 1.807) is 24.3 Å². The van der Waals surface area contributed by atoms with Crippen LogP contribution in [0.3, 0.4) is 0 Å². The Labute approximate surface area is 156 Å². The van der Waals surface area contributed by atoms with Crippen molar-refractivity contribution in [3.63, 3.8) is 0 Å². The Balaban J connectivity index is 1.79. The molecule has 2 N–H and O–H groups in total. The summed E-state index contributed by atoms with van der Waals surface area (Å²) in [6, 6.07) is 6.97. The molecule has 0 radical (unpaired) electrons. The molecular formula is C18H23N3O4S. The van der Waals surface area contributed by atoms with Crippen molar-refractivity contribution in [2.45, 2.75) is 33.7 Å². The first-order chi connectivity index (χ1) is 12.2. The summed E-state index contributed by atoms with van der Waals surface area (Å²) in [6.07, 6.45) is 0.178. The zero-order valence-electron chi connectivity index (χ0n) is 15.1. The minimum atomic E-state index is -0.483. The highest BCUT2D eigenvalue weighted by atomic mass is 32.2. The molecule has 2 rings (SSSR count). The number of anilines is 1. The number of benzene rings is 1. The van der Waals surface area contributed by atoms with E-state index in [-0.39, 0.29) is 48.2 Å². The molecule has 4 amide bonds. The second-order valence-electron chi connectivity index (χ2n) is 7.04. The molecule has 0 bridgehead atoms. The first-order valence-corrected chi connectivity index (χ1v) is 9.29. The van der Waals surface area contributed by atoms with Gasteiger partial charge in [0.2, 0.25) is 17.7 Å². The van der Waals surface area contributed by atoms with E-state index in [4.69, 9.17) is 0 Å². The van der Waals surface area contributed by atoms with Gasteiger partial charge in [0, 0.05) is 24.1 Å². The van der Waals surface area contributed by atoms with E-state index in [0.29, 0.717) is 5.69 Å². The average molecular weight is 377 g/mol. The summed E-state index contributed by atoms with van der Waals surface area (Å²) in [5.41, 5.74) is 0.946. The van der Waals surface area contributed by atoms with E-state index in [0.717, 1.165) is 17.3 Å². The van der Waals surface area contributed by atoms with Crippen LogP contribution in [0.4, 0.5) is 10.5 Å². The number of nitrogens with one attached hydrogen (secondary N) is 2. The number of amides is 4. The number of imide groups is 1. The van der Waals surface area contributed by atoms with Crippen LogP contribution in [0.15, 0.2) is 24.3 Å². The van der Waals surface area contributed by atoms with Crippen LogP contribution in [0.25, 0.3) is 0 Å². The molecule has 0 aromatic heterocycles. The third kappa shape index (κ3) is 5.59. The summed E-state index contributed by atoms with van der Waals surface area (Å²) >= 11 is 1.01. The third-order valence-electron chi connectivity index (χ3n) is 3.74. The molecule has 140 valence electrons. The van der Waals surface area contributed by atoms with Gasteiger partial charge in [-0.25, -0.2) is 0 Å². The van der Waals surface area contributed by atoms with Crippen molar-refractivity contribution in [1.82, 2.24) is 10.2 Å². The van der Waals surface area contributed by atoms with Gasteiger partial charge in [0.25, 0.3) is 5.24 Å². The Morgan fingerprint density at radius 3 is 2.35 bits per heavy atom. The summed E-state index contributed by atoms with van der Waals surface area (Å²) < 4.78 is 0. The highest BCUT2D eigenvalue weighted by Crippen LogP contribution is 2.21. The summed E-state index contributed by atoms with van der Waals surface area (Å²) in [5, 5.41) is 5.25. The molecule has 8 heteroatoms. The molecule has 7 nitrogen and oxygen atoms in total. The van der Waals surface area contributed by atoms with Crippen LogP contribution in [0.2, 0.25) is 0 Å². The minimum absolute atomic E-state index is 0.0983. The molecule has 0 atom stereocenters. The standard InChI is InChI=1S/C18H23N3O4S/c1-18(2,3)16(24)19-9-8-14(22)20-13-6-4-12(5-7-13)10-21-15(23)11-26-17(21)25/h4-7H,8-11H2,1-3H3,(H,19,24)(H,20,22). The number of carbonyl (C=O) groups is 4. The van der Waals surface area contributed by atoms with E-state index >= 15 is 0 Å². The van der Waals surface area contributed by atoms with Crippen molar-refractivity contribution in [2.24, 2.45) is 5.41 Å². The van der Waals surface area contributed by atoms with Crippen molar-refractivity contribution in [2.75, 3.05) is 17.6 Å². The zero-order valence-corrected chi connectivity index (χ0v) is 15.9. The molecule has 1 saturated heterocycles. The normalized spacial score (nSPS) is 14.5. The van der Waals surface area contributed by atoms with Gasteiger partial charge < -0.3 is 10.6 Å². The number of hydrogen-bond donors (Lipinski definition) is 2. The molecule has 0 unspecified atom stereocenters. The van der Waals surface area contributed by atoms with Gasteiger partial charge in [-0.2, -0.15) is 0 Å². The second kappa shape index (κ2) is 8.35. The fraction of sp³-hybridized carbons (Fsp3) is 0.444. The van der Waals surface area contributed by atoms with E-state index in [1.807, 2.05) is 20.8 Å². The maximum absolute atomic E-state index is 11.9. The largest absolute Gasteiger partial charge is 0.355 e. The van der Waals surface area contributed by atoms with Crippen molar-refractivity contribution >= 4 is 40.4 Å². The fourth-order valence-corrected chi connectivity index (χ4v) is 2.91. The van der Waals surface area contributed by atoms with Gasteiger partial charge >= 0.3 is 0 Å². The number of rotatable bonds is 6. The molecule has 1 aromatic rings. The highest BCUT2D eigenvalue weighted by molar-refractivity contribution is 8.14. The molecular weight excluding hydrogens is 354 g/mol. The quantitative estimate of drug-likeness (QED) is 0.793. The number of thioether (sulfide) groups is 1. The molecule has 1 aliphatic heterocycles. The summed E-state index contributed by atoms with van der Waals surface area (Å²) in [7, 11) is 0. The van der Waals surface area contributed by atoms with E-state index in [9.17, 15) is 19.2 Å². The van der Waals surface area contributed by atoms with Crippen LogP contribution in [0, 0.1) is 5.41 Å². The van der Waals surface area contributed by atoms with Gasteiger partial charge in [0.1, 0.15) is 0 Å². The van der Waals surface area contributed by atoms with Gasteiger partial charge in [0.15, 0.2) is 0 Å². The van der Waals surface area contributed by atoms with Gasteiger partial charge in [-0.15, -0.1) is 0 Å². The van der Waals surface area contributed by atoms with Crippen LogP contribution in [0.5, 0.6) is 0 Å². The highest BCUT2D eigenvalue weighted by Gasteiger charge is 2.29. The molecule has 0 aliphatic carbocycles. The molecule has 1 fully saturated rings. The van der Waals surface area contributed by atoms with Crippen LogP contribution in [-0.2, 0) is 20.9 Å². The lowest BCUT2D eigenvalue weighted by Gasteiger charge is -2.17. The lowest BCUT2D eigenvalue weighted by atomic mass is 9.96. The first kappa shape index (κ1) is 20.0. The Hall–Kier alpha value is -2.35. The Morgan fingerprint density at radius 1 is 1.15 bits per heavy atom. The van der Waals surface area contributed by atoms with Crippen LogP contribution in [0.1, 0.15) is 32.8 Å². The van der Waals surface area contributed by atoms with Gasteiger partial charge in [-0.05, 0) is 17.7 Å².